The summed E-state index contributed by atoms with van der Waals surface area (Å²) >= 11 is 0. The van der Waals surface area contributed by atoms with Crippen molar-refractivity contribution in [3.8, 4) is 0 Å². The third-order valence-corrected chi connectivity index (χ3v) is 5.85. The SMILES string of the molecule is CCCN1C(=O)OC(C)c2cc(CNS(=O)(=O)c3ccc(F)cc3F)ccc21. The van der Waals surface area contributed by atoms with E-state index in [2.05, 4.69) is 4.72 Å². The van der Waals surface area contributed by atoms with Gasteiger partial charge in [0.1, 0.15) is 22.6 Å². The average Bonchev–Trinajstić information content (AvgIpc) is 2.63. The molecule has 150 valence electrons. The number of carbonyl (C=O) groups excluding carboxylic acids is 1. The standard InChI is InChI=1S/C19H20F2N2O4S/c1-3-8-23-17-6-4-13(9-15(17)12(2)27-19(23)24)11-22-28(25,26)18-7-5-14(20)10-16(18)21/h4-7,9-10,12,22H,3,8,11H2,1-2H3. The molecule has 1 aliphatic rings. The number of fused-ring (bicyclic) bond motifs is 1. The van der Waals surface area contributed by atoms with Gasteiger partial charge in [0, 0.05) is 24.7 Å². The van der Waals surface area contributed by atoms with Crippen LogP contribution in [0, 0.1) is 11.6 Å². The van der Waals surface area contributed by atoms with Crippen LogP contribution in [0.2, 0.25) is 0 Å². The van der Waals surface area contributed by atoms with Crippen molar-refractivity contribution in [1.82, 2.24) is 4.72 Å². The highest BCUT2D eigenvalue weighted by Gasteiger charge is 2.30. The van der Waals surface area contributed by atoms with Crippen LogP contribution in [0.25, 0.3) is 0 Å². The Hall–Kier alpha value is -2.52. The van der Waals surface area contributed by atoms with Crippen LogP contribution in [0.4, 0.5) is 19.3 Å². The van der Waals surface area contributed by atoms with Crippen LogP contribution in [0.1, 0.15) is 37.5 Å². The number of benzene rings is 2. The summed E-state index contributed by atoms with van der Waals surface area (Å²) < 4.78 is 59.1. The second-order valence-corrected chi connectivity index (χ2v) is 8.21. The van der Waals surface area contributed by atoms with Gasteiger partial charge in [-0.3, -0.25) is 4.90 Å². The first-order valence-corrected chi connectivity index (χ1v) is 10.3. The number of rotatable bonds is 6. The Morgan fingerprint density at radius 1 is 1.18 bits per heavy atom. The fourth-order valence-electron chi connectivity index (χ4n) is 3.05. The molecule has 0 bridgehead atoms. The molecule has 9 heteroatoms. The van der Waals surface area contributed by atoms with Gasteiger partial charge in [-0.2, -0.15) is 0 Å². The molecule has 3 rings (SSSR count). The average molecular weight is 410 g/mol. The summed E-state index contributed by atoms with van der Waals surface area (Å²) in [7, 11) is -4.16. The monoisotopic (exact) mass is 410 g/mol. The highest BCUT2D eigenvalue weighted by molar-refractivity contribution is 7.89. The zero-order chi connectivity index (χ0) is 20.5. The Morgan fingerprint density at radius 2 is 1.93 bits per heavy atom. The molecular weight excluding hydrogens is 390 g/mol. The van der Waals surface area contributed by atoms with Crippen molar-refractivity contribution in [3.63, 3.8) is 0 Å². The maximum absolute atomic E-state index is 13.8. The van der Waals surface area contributed by atoms with Crippen LogP contribution >= 0.6 is 0 Å². The molecule has 28 heavy (non-hydrogen) atoms. The van der Waals surface area contributed by atoms with Gasteiger partial charge in [-0.25, -0.2) is 26.7 Å². The van der Waals surface area contributed by atoms with Gasteiger partial charge in [-0.15, -0.1) is 0 Å². The lowest BCUT2D eigenvalue weighted by molar-refractivity contribution is 0.107. The third-order valence-electron chi connectivity index (χ3n) is 4.42. The number of anilines is 1. The molecule has 0 spiro atoms. The second kappa shape index (κ2) is 7.84. The Bertz CT molecular complexity index is 1010. The van der Waals surface area contributed by atoms with E-state index in [-0.39, 0.29) is 6.54 Å². The number of hydrogen-bond donors (Lipinski definition) is 1. The lowest BCUT2D eigenvalue weighted by Crippen LogP contribution is -2.37. The van der Waals surface area contributed by atoms with Gasteiger partial charge < -0.3 is 4.74 Å². The van der Waals surface area contributed by atoms with Crippen LogP contribution in [-0.4, -0.2) is 21.1 Å². The van der Waals surface area contributed by atoms with E-state index in [1.165, 1.54) is 4.90 Å². The van der Waals surface area contributed by atoms with Crippen LogP contribution in [-0.2, 0) is 21.3 Å². The molecule has 1 heterocycles. The maximum atomic E-state index is 13.8. The number of nitrogens with one attached hydrogen (secondary N) is 1. The van der Waals surface area contributed by atoms with Crippen LogP contribution in [0.15, 0.2) is 41.3 Å². The number of carbonyl (C=O) groups is 1. The second-order valence-electron chi connectivity index (χ2n) is 6.47. The van der Waals surface area contributed by atoms with Crippen molar-refractivity contribution in [2.24, 2.45) is 0 Å². The summed E-state index contributed by atoms with van der Waals surface area (Å²) in [5, 5.41) is 0. The minimum atomic E-state index is -4.16. The number of nitrogens with zero attached hydrogens (tertiary/aromatic N) is 1. The Labute approximate surface area is 162 Å². The summed E-state index contributed by atoms with van der Waals surface area (Å²) in [4.78, 5) is 13.0. The largest absolute Gasteiger partial charge is 0.441 e. The maximum Gasteiger partial charge on any atom is 0.414 e. The molecule has 6 nitrogen and oxygen atoms in total. The third kappa shape index (κ3) is 4.00. The van der Waals surface area contributed by atoms with Gasteiger partial charge in [0.15, 0.2) is 0 Å². The Balaban J connectivity index is 1.82. The Morgan fingerprint density at radius 3 is 2.61 bits per heavy atom. The van der Waals surface area contributed by atoms with E-state index >= 15 is 0 Å². The number of hydrogen-bond acceptors (Lipinski definition) is 4. The molecule has 1 atom stereocenters. The molecule has 1 N–H and O–H groups in total. The van der Waals surface area contributed by atoms with E-state index in [0.29, 0.717) is 18.2 Å². The van der Waals surface area contributed by atoms with Gasteiger partial charge in [0.2, 0.25) is 10.0 Å². The first-order chi connectivity index (χ1) is 13.2. The van der Waals surface area contributed by atoms with Crippen molar-refractivity contribution in [2.45, 2.75) is 37.8 Å². The molecule has 2 aromatic rings. The fourth-order valence-corrected chi connectivity index (χ4v) is 4.12. The molecule has 1 unspecified atom stereocenters. The zero-order valence-electron chi connectivity index (χ0n) is 15.4. The Kier molecular flexibility index (Phi) is 5.66. The van der Waals surface area contributed by atoms with Crippen molar-refractivity contribution in [1.29, 1.82) is 0 Å². The normalized spacial score (nSPS) is 16.6. The van der Waals surface area contributed by atoms with Gasteiger partial charge in [0.05, 0.1) is 5.69 Å². The van der Waals surface area contributed by atoms with E-state index in [0.717, 1.165) is 29.8 Å². The molecule has 2 aromatic carbocycles. The van der Waals surface area contributed by atoms with E-state index in [1.54, 1.807) is 25.1 Å². The predicted molar refractivity (Wildman–Crippen MR) is 99.4 cm³/mol. The van der Waals surface area contributed by atoms with E-state index in [4.69, 9.17) is 4.74 Å². The van der Waals surface area contributed by atoms with Gasteiger partial charge >= 0.3 is 6.09 Å². The summed E-state index contributed by atoms with van der Waals surface area (Å²) in [6.07, 6.45) is -0.128. The van der Waals surface area contributed by atoms with E-state index in [9.17, 15) is 22.0 Å². The van der Waals surface area contributed by atoms with E-state index < -0.39 is 38.8 Å². The zero-order valence-corrected chi connectivity index (χ0v) is 16.2. The van der Waals surface area contributed by atoms with Crippen molar-refractivity contribution >= 4 is 21.8 Å². The number of ether oxygens (including phenoxy) is 1. The molecule has 1 amide bonds. The molecule has 0 aliphatic carbocycles. The van der Waals surface area contributed by atoms with Crippen LogP contribution < -0.4 is 9.62 Å². The smallest absolute Gasteiger partial charge is 0.414 e. The molecule has 0 saturated carbocycles. The molecular formula is C19H20F2N2O4S. The first kappa shape index (κ1) is 20.2. The van der Waals surface area contributed by atoms with Crippen molar-refractivity contribution < 1.29 is 26.7 Å². The molecule has 1 aliphatic heterocycles. The predicted octanol–water partition coefficient (Wildman–Crippen LogP) is 3.87. The minimum Gasteiger partial charge on any atom is -0.441 e. The van der Waals surface area contributed by atoms with Crippen LogP contribution in [0.5, 0.6) is 0 Å². The minimum absolute atomic E-state index is 0.0964. The van der Waals surface area contributed by atoms with Gasteiger partial charge in [0.25, 0.3) is 0 Å². The molecule has 0 aromatic heterocycles. The summed E-state index contributed by atoms with van der Waals surface area (Å²) in [6.45, 7) is 4.10. The fraction of sp³-hybridized carbons (Fsp3) is 0.316. The van der Waals surface area contributed by atoms with Gasteiger partial charge in [-0.1, -0.05) is 13.0 Å². The highest BCUT2D eigenvalue weighted by atomic mass is 32.2. The summed E-state index contributed by atoms with van der Waals surface area (Å²) in [5.41, 5.74) is 2.10. The number of sulfonamides is 1. The van der Waals surface area contributed by atoms with Gasteiger partial charge in [-0.05, 0) is 43.2 Å². The molecule has 0 radical (unpaired) electrons. The summed E-state index contributed by atoms with van der Waals surface area (Å²) in [5.74, 6) is -2.01. The highest BCUT2D eigenvalue weighted by Crippen LogP contribution is 2.35. The lowest BCUT2D eigenvalue weighted by Gasteiger charge is -2.32. The number of amides is 1. The summed E-state index contributed by atoms with van der Waals surface area (Å²) in [6, 6.07) is 7.46. The van der Waals surface area contributed by atoms with Crippen LogP contribution in [0.3, 0.4) is 0 Å². The number of halogens is 2. The first-order valence-electron chi connectivity index (χ1n) is 8.78. The quantitative estimate of drug-likeness (QED) is 0.784. The molecule has 0 saturated heterocycles. The lowest BCUT2D eigenvalue weighted by atomic mass is 10.0. The van der Waals surface area contributed by atoms with E-state index in [1.807, 2.05) is 6.92 Å². The van der Waals surface area contributed by atoms with Crippen molar-refractivity contribution in [2.75, 3.05) is 11.4 Å². The van der Waals surface area contributed by atoms with Crippen molar-refractivity contribution in [3.05, 3.63) is 59.2 Å². The topological polar surface area (TPSA) is 75.7 Å². The molecule has 0 fully saturated rings. The number of cyclic esters (lactones) is 1.